The maximum atomic E-state index is 14.9. The predicted octanol–water partition coefficient (Wildman–Crippen LogP) is 6.49. The predicted molar refractivity (Wildman–Crippen MR) is 127 cm³/mol. The van der Waals surface area contributed by atoms with Gasteiger partial charge in [0.25, 0.3) is 0 Å². The molecule has 32 heavy (non-hydrogen) atoms. The largest absolute Gasteiger partial charge is 0.451 e. The van der Waals surface area contributed by atoms with Crippen LogP contribution in [0.2, 0.25) is 5.02 Å². The lowest BCUT2D eigenvalue weighted by molar-refractivity contribution is 0.0929. The number of amides is 1. The maximum Gasteiger partial charge on any atom is 0.307 e. The van der Waals surface area contributed by atoms with E-state index in [1.54, 1.807) is 30.3 Å². The van der Waals surface area contributed by atoms with Crippen molar-refractivity contribution < 1.29 is 13.6 Å². The van der Waals surface area contributed by atoms with Gasteiger partial charge in [0.05, 0.1) is 6.21 Å². The summed E-state index contributed by atoms with van der Waals surface area (Å²) in [6, 6.07) is 10.1. The second kappa shape index (κ2) is 8.58. The molecule has 0 saturated heterocycles. The van der Waals surface area contributed by atoms with Crippen molar-refractivity contribution in [3.8, 4) is 0 Å². The molecule has 0 saturated carbocycles. The summed E-state index contributed by atoms with van der Waals surface area (Å²) < 4.78 is 20.5. The van der Waals surface area contributed by atoms with E-state index in [0.29, 0.717) is 16.2 Å². The van der Waals surface area contributed by atoms with E-state index in [2.05, 4.69) is 43.1 Å². The Kier molecular flexibility index (Phi) is 5.99. The summed E-state index contributed by atoms with van der Waals surface area (Å²) >= 11 is 5.97. The van der Waals surface area contributed by atoms with E-state index in [4.69, 9.17) is 16.0 Å². The van der Waals surface area contributed by atoms with Gasteiger partial charge in [-0.25, -0.2) is 9.82 Å². The van der Waals surface area contributed by atoms with Gasteiger partial charge in [-0.3, -0.25) is 4.79 Å². The molecule has 1 amide bonds. The van der Waals surface area contributed by atoms with E-state index in [1.807, 2.05) is 6.07 Å². The molecule has 0 spiro atoms. The maximum absolute atomic E-state index is 14.9. The van der Waals surface area contributed by atoms with Crippen molar-refractivity contribution in [3.05, 3.63) is 64.1 Å². The van der Waals surface area contributed by atoms with Gasteiger partial charge in [-0.05, 0) is 74.6 Å². The first-order valence-corrected chi connectivity index (χ1v) is 11.2. The Morgan fingerprint density at radius 2 is 2.12 bits per heavy atom. The van der Waals surface area contributed by atoms with Crippen LogP contribution in [-0.2, 0) is 0 Å². The third-order valence-electron chi connectivity index (χ3n) is 6.02. The minimum atomic E-state index is -0.517. The van der Waals surface area contributed by atoms with Crippen molar-refractivity contribution in [2.75, 3.05) is 11.4 Å². The average molecular weight is 456 g/mol. The molecule has 5 nitrogen and oxygen atoms in total. The number of carbonyl (C=O) groups excluding carboxylic acids is 1. The van der Waals surface area contributed by atoms with Crippen LogP contribution in [0, 0.1) is 5.82 Å². The van der Waals surface area contributed by atoms with E-state index in [-0.39, 0.29) is 23.0 Å². The molecule has 7 heteroatoms. The monoisotopic (exact) mass is 455 g/mol. The van der Waals surface area contributed by atoms with Crippen molar-refractivity contribution in [2.45, 2.75) is 52.0 Å². The van der Waals surface area contributed by atoms with Crippen molar-refractivity contribution in [3.63, 3.8) is 0 Å². The fourth-order valence-corrected chi connectivity index (χ4v) is 4.79. The first-order chi connectivity index (χ1) is 15.2. The van der Waals surface area contributed by atoms with E-state index in [0.717, 1.165) is 36.0 Å². The van der Waals surface area contributed by atoms with Crippen LogP contribution in [0.3, 0.4) is 0 Å². The topological polar surface area (TPSA) is 57.8 Å². The number of anilines is 1. The van der Waals surface area contributed by atoms with Crippen molar-refractivity contribution in [2.24, 2.45) is 5.10 Å². The Morgan fingerprint density at radius 3 is 2.88 bits per heavy atom. The quantitative estimate of drug-likeness (QED) is 0.353. The lowest BCUT2D eigenvalue weighted by Crippen LogP contribution is -2.48. The Balaban J connectivity index is 1.55. The van der Waals surface area contributed by atoms with Gasteiger partial charge in [-0.2, -0.15) is 5.10 Å². The molecule has 2 heterocycles. The van der Waals surface area contributed by atoms with Gasteiger partial charge >= 0.3 is 5.91 Å². The van der Waals surface area contributed by atoms with Gasteiger partial charge in [-0.15, -0.1) is 0 Å². The fraction of sp³-hybridized carbons (Fsp3) is 0.360. The Labute approximate surface area is 192 Å². The van der Waals surface area contributed by atoms with Gasteiger partial charge < -0.3 is 9.32 Å². The van der Waals surface area contributed by atoms with Crippen molar-refractivity contribution in [1.82, 2.24) is 5.43 Å². The molecule has 1 aromatic heterocycles. The molecular weight excluding hydrogens is 429 g/mol. The number of fused-ring (bicyclic) bond motifs is 2. The number of hydrogen-bond donors (Lipinski definition) is 1. The number of hydrogen-bond acceptors (Lipinski definition) is 4. The molecule has 0 aliphatic carbocycles. The van der Waals surface area contributed by atoms with Crippen molar-refractivity contribution >= 4 is 40.4 Å². The number of rotatable bonds is 5. The SMILES string of the molecule is CCCN1c2cc(F)c(/C=N\NC(=O)c3cc4cc(Cl)ccc4o3)cc2C(C)CC1(C)C. The molecule has 4 rings (SSSR count). The highest BCUT2D eigenvalue weighted by Crippen LogP contribution is 2.44. The zero-order valence-corrected chi connectivity index (χ0v) is 19.5. The zero-order chi connectivity index (χ0) is 23.0. The van der Waals surface area contributed by atoms with Crippen LogP contribution in [0.4, 0.5) is 10.1 Å². The van der Waals surface area contributed by atoms with E-state index in [9.17, 15) is 9.18 Å². The molecule has 1 aliphatic heterocycles. The lowest BCUT2D eigenvalue weighted by atomic mass is 9.79. The summed E-state index contributed by atoms with van der Waals surface area (Å²) in [4.78, 5) is 14.7. The average Bonchev–Trinajstić information content (AvgIpc) is 3.14. The van der Waals surface area contributed by atoms with Crippen LogP contribution in [0.15, 0.2) is 45.9 Å². The van der Waals surface area contributed by atoms with Gasteiger partial charge in [0.1, 0.15) is 11.4 Å². The van der Waals surface area contributed by atoms with Crippen LogP contribution in [0.25, 0.3) is 11.0 Å². The van der Waals surface area contributed by atoms with Crippen LogP contribution >= 0.6 is 11.6 Å². The summed E-state index contributed by atoms with van der Waals surface area (Å²) in [7, 11) is 0. The van der Waals surface area contributed by atoms with Crippen molar-refractivity contribution in [1.29, 1.82) is 0 Å². The van der Waals surface area contributed by atoms with Gasteiger partial charge in [0.2, 0.25) is 0 Å². The standard InChI is InChI=1S/C25H27ClFN3O2/c1-5-8-30-21-12-20(27)17(10-19(21)15(2)13-25(30,3)4)14-28-29-24(31)23-11-16-9-18(26)6-7-22(16)32-23/h6-7,9-12,14-15H,5,8,13H2,1-4H3,(H,29,31)/b28-14-. The zero-order valence-electron chi connectivity index (χ0n) is 18.7. The normalized spacial score (nSPS) is 17.7. The Bertz CT molecular complexity index is 1200. The number of hydrazone groups is 1. The first-order valence-electron chi connectivity index (χ1n) is 10.8. The number of furan rings is 1. The smallest absolute Gasteiger partial charge is 0.307 e. The van der Waals surface area contributed by atoms with Crippen LogP contribution in [-0.4, -0.2) is 24.2 Å². The molecule has 1 N–H and O–H groups in total. The molecule has 0 bridgehead atoms. The van der Waals surface area contributed by atoms with E-state index >= 15 is 0 Å². The first kappa shape index (κ1) is 22.3. The summed E-state index contributed by atoms with van der Waals surface area (Å²) in [5, 5.41) is 5.24. The molecule has 1 unspecified atom stereocenters. The molecule has 3 aromatic rings. The molecule has 168 valence electrons. The number of nitrogens with one attached hydrogen (secondary N) is 1. The van der Waals surface area contributed by atoms with E-state index in [1.165, 1.54) is 6.21 Å². The molecule has 0 fully saturated rings. The summed E-state index contributed by atoms with van der Waals surface area (Å²) in [6.07, 6.45) is 3.31. The summed E-state index contributed by atoms with van der Waals surface area (Å²) in [6.45, 7) is 9.58. The minimum Gasteiger partial charge on any atom is -0.451 e. The number of carbonyl (C=O) groups is 1. The van der Waals surface area contributed by atoms with Crippen LogP contribution < -0.4 is 10.3 Å². The summed E-state index contributed by atoms with van der Waals surface area (Å²) in [5.41, 5.74) is 5.31. The molecule has 1 atom stereocenters. The highest BCUT2D eigenvalue weighted by atomic mass is 35.5. The van der Waals surface area contributed by atoms with Crippen LogP contribution in [0.5, 0.6) is 0 Å². The van der Waals surface area contributed by atoms with Gasteiger partial charge in [-0.1, -0.05) is 25.4 Å². The molecule has 0 radical (unpaired) electrons. The fourth-order valence-electron chi connectivity index (χ4n) is 4.61. The number of nitrogens with zero attached hydrogens (tertiary/aromatic N) is 2. The third-order valence-corrected chi connectivity index (χ3v) is 6.26. The van der Waals surface area contributed by atoms with Gasteiger partial charge in [0.15, 0.2) is 5.76 Å². The highest BCUT2D eigenvalue weighted by Gasteiger charge is 2.36. The van der Waals surface area contributed by atoms with Gasteiger partial charge in [0, 0.05) is 33.7 Å². The number of benzene rings is 2. The second-order valence-electron chi connectivity index (χ2n) is 8.99. The molecular formula is C25H27ClFN3O2. The second-order valence-corrected chi connectivity index (χ2v) is 9.43. The Morgan fingerprint density at radius 1 is 1.34 bits per heavy atom. The van der Waals surface area contributed by atoms with Crippen LogP contribution in [0.1, 0.15) is 68.1 Å². The Hall–Kier alpha value is -2.86. The number of halogens is 2. The third kappa shape index (κ3) is 4.24. The molecule has 1 aliphatic rings. The highest BCUT2D eigenvalue weighted by molar-refractivity contribution is 6.31. The lowest BCUT2D eigenvalue weighted by Gasteiger charge is -2.47. The van der Waals surface area contributed by atoms with E-state index < -0.39 is 5.91 Å². The molecule has 2 aromatic carbocycles. The minimum absolute atomic E-state index is 0.0325. The summed E-state index contributed by atoms with van der Waals surface area (Å²) in [5.74, 6) is -0.489.